The number of rotatable bonds is 4. The van der Waals surface area contributed by atoms with Crippen molar-refractivity contribution in [2.45, 2.75) is 6.92 Å². The monoisotopic (exact) mass is 265 g/mol. The Morgan fingerprint density at radius 1 is 1.15 bits per heavy atom. The van der Waals surface area contributed by atoms with E-state index < -0.39 is 5.97 Å². The lowest BCUT2D eigenvalue weighted by Gasteiger charge is -2.07. The first-order valence-electron chi connectivity index (χ1n) is 6.20. The molecule has 2 aromatic rings. The van der Waals surface area contributed by atoms with E-state index in [0.29, 0.717) is 5.75 Å². The summed E-state index contributed by atoms with van der Waals surface area (Å²) in [4.78, 5) is 11.1. The Balaban J connectivity index is 2.25. The van der Waals surface area contributed by atoms with E-state index in [9.17, 15) is 4.79 Å². The minimum Gasteiger partial charge on any atom is -0.423 e. The fraction of sp³-hybridized carbons (Fsp3) is 0.0588. The predicted molar refractivity (Wildman–Crippen MR) is 80.3 cm³/mol. The molecule has 0 aliphatic rings. The molecule has 100 valence electrons. The van der Waals surface area contributed by atoms with Gasteiger partial charge in [0.25, 0.3) is 0 Å². The van der Waals surface area contributed by atoms with Crippen LogP contribution in [0.25, 0.3) is 11.1 Å². The summed E-state index contributed by atoms with van der Waals surface area (Å²) in [6, 6.07) is 13.2. The van der Waals surface area contributed by atoms with Gasteiger partial charge in [-0.3, -0.25) is 0 Å². The number of esters is 1. The quantitative estimate of drug-likeness (QED) is 0.396. The van der Waals surface area contributed by atoms with Gasteiger partial charge < -0.3 is 10.1 Å². The van der Waals surface area contributed by atoms with E-state index in [0.717, 1.165) is 28.3 Å². The van der Waals surface area contributed by atoms with Gasteiger partial charge in [0, 0.05) is 12.3 Å². The molecule has 2 aromatic carbocycles. The molecule has 3 heteroatoms. The van der Waals surface area contributed by atoms with Crippen molar-refractivity contribution in [3.63, 3.8) is 0 Å². The highest BCUT2D eigenvalue weighted by molar-refractivity contribution is 5.83. The number of carbonyl (C=O) groups is 1. The van der Waals surface area contributed by atoms with E-state index in [1.165, 1.54) is 6.21 Å². The first kappa shape index (κ1) is 13.7. The van der Waals surface area contributed by atoms with Crippen molar-refractivity contribution in [1.82, 2.24) is 0 Å². The molecule has 2 rings (SSSR count). The molecule has 0 amide bonds. The average molecular weight is 265 g/mol. The van der Waals surface area contributed by atoms with Crippen LogP contribution < -0.4 is 4.74 Å². The Labute approximate surface area is 118 Å². The van der Waals surface area contributed by atoms with Gasteiger partial charge in [0.15, 0.2) is 0 Å². The van der Waals surface area contributed by atoms with Crippen molar-refractivity contribution in [3.05, 3.63) is 66.2 Å². The van der Waals surface area contributed by atoms with Gasteiger partial charge >= 0.3 is 5.97 Å². The van der Waals surface area contributed by atoms with Gasteiger partial charge in [0.2, 0.25) is 0 Å². The number of hydrogen-bond acceptors (Lipinski definition) is 3. The van der Waals surface area contributed by atoms with Crippen LogP contribution in [0.15, 0.2) is 55.1 Å². The molecule has 0 saturated heterocycles. The molecule has 3 nitrogen and oxygen atoms in total. The predicted octanol–water partition coefficient (Wildman–Crippen LogP) is 3.75. The van der Waals surface area contributed by atoms with Crippen LogP contribution in [0.3, 0.4) is 0 Å². The largest absolute Gasteiger partial charge is 0.423 e. The van der Waals surface area contributed by atoms with E-state index in [2.05, 4.69) is 6.58 Å². The van der Waals surface area contributed by atoms with E-state index in [1.807, 2.05) is 37.3 Å². The van der Waals surface area contributed by atoms with Gasteiger partial charge in [-0.1, -0.05) is 36.9 Å². The molecule has 0 saturated carbocycles. The van der Waals surface area contributed by atoms with Crippen LogP contribution in [0.1, 0.15) is 11.1 Å². The fourth-order valence-corrected chi connectivity index (χ4v) is 1.89. The van der Waals surface area contributed by atoms with E-state index in [4.69, 9.17) is 10.1 Å². The maximum Gasteiger partial charge on any atom is 0.335 e. The number of carbonyl (C=O) groups excluding carboxylic acids is 1. The lowest BCUT2D eigenvalue weighted by Crippen LogP contribution is -2.02. The highest BCUT2D eigenvalue weighted by atomic mass is 16.5. The Hall–Kier alpha value is -2.68. The second-order valence-electron chi connectivity index (χ2n) is 4.37. The van der Waals surface area contributed by atoms with Gasteiger partial charge in [-0.15, -0.1) is 0 Å². The Bertz CT molecular complexity index is 657. The number of nitrogens with one attached hydrogen (secondary N) is 1. The number of hydrogen-bond donors (Lipinski definition) is 1. The number of aryl methyl sites for hydroxylation is 1. The molecule has 0 spiro atoms. The molecule has 0 radical (unpaired) electrons. The van der Waals surface area contributed by atoms with E-state index in [-0.39, 0.29) is 0 Å². The highest BCUT2D eigenvalue weighted by Crippen LogP contribution is 2.24. The van der Waals surface area contributed by atoms with E-state index in [1.54, 1.807) is 12.1 Å². The zero-order valence-corrected chi connectivity index (χ0v) is 11.2. The summed E-state index contributed by atoms with van der Waals surface area (Å²) in [5.41, 5.74) is 4.06. The highest BCUT2D eigenvalue weighted by Gasteiger charge is 2.03. The molecular formula is C17H15NO2. The number of ether oxygens (including phenoxy) is 1. The normalized spacial score (nSPS) is 9.85. The van der Waals surface area contributed by atoms with E-state index >= 15 is 0 Å². The summed E-state index contributed by atoms with van der Waals surface area (Å²) in [6.07, 6.45) is 2.48. The Morgan fingerprint density at radius 2 is 1.80 bits per heavy atom. The lowest BCUT2D eigenvalue weighted by atomic mass is 10.0. The van der Waals surface area contributed by atoms with Gasteiger partial charge in [-0.05, 0) is 41.3 Å². The topological polar surface area (TPSA) is 50.2 Å². The third-order valence-electron chi connectivity index (χ3n) is 3.00. The smallest absolute Gasteiger partial charge is 0.335 e. The molecule has 0 atom stereocenters. The minimum absolute atomic E-state index is 0.469. The van der Waals surface area contributed by atoms with Crippen molar-refractivity contribution in [1.29, 1.82) is 5.41 Å². The summed E-state index contributed by atoms with van der Waals surface area (Å²) in [6.45, 7) is 5.33. The summed E-state index contributed by atoms with van der Waals surface area (Å²) < 4.78 is 5.03. The fourth-order valence-electron chi connectivity index (χ4n) is 1.89. The molecule has 0 bridgehead atoms. The van der Waals surface area contributed by atoms with Crippen LogP contribution in [0.5, 0.6) is 5.75 Å². The van der Waals surface area contributed by atoms with Crippen LogP contribution in [0.2, 0.25) is 0 Å². The number of benzene rings is 2. The van der Waals surface area contributed by atoms with Crippen molar-refractivity contribution in [3.8, 4) is 16.9 Å². The zero-order chi connectivity index (χ0) is 14.5. The molecule has 1 N–H and O–H groups in total. The lowest BCUT2D eigenvalue weighted by molar-refractivity contribution is -0.128. The summed E-state index contributed by atoms with van der Waals surface area (Å²) >= 11 is 0. The molecule has 0 fully saturated rings. The van der Waals surface area contributed by atoms with Gasteiger partial charge in [-0.25, -0.2) is 4.79 Å². The summed E-state index contributed by atoms with van der Waals surface area (Å²) in [5.74, 6) is 0.0235. The van der Waals surface area contributed by atoms with Gasteiger partial charge in [-0.2, -0.15) is 0 Å². The maximum absolute atomic E-state index is 11.1. The van der Waals surface area contributed by atoms with Crippen molar-refractivity contribution in [2.24, 2.45) is 0 Å². The van der Waals surface area contributed by atoms with Crippen molar-refractivity contribution >= 4 is 12.2 Å². The summed E-state index contributed by atoms with van der Waals surface area (Å²) in [7, 11) is 0. The molecule has 0 unspecified atom stereocenters. The Kier molecular flexibility index (Phi) is 4.11. The average Bonchev–Trinajstić information content (AvgIpc) is 2.47. The molecule has 0 aromatic heterocycles. The second-order valence-corrected chi connectivity index (χ2v) is 4.37. The molecule has 20 heavy (non-hydrogen) atoms. The van der Waals surface area contributed by atoms with Crippen molar-refractivity contribution in [2.75, 3.05) is 0 Å². The Morgan fingerprint density at radius 3 is 2.35 bits per heavy atom. The molecule has 0 heterocycles. The third-order valence-corrected chi connectivity index (χ3v) is 3.00. The van der Waals surface area contributed by atoms with Crippen LogP contribution >= 0.6 is 0 Å². The molecular weight excluding hydrogens is 250 g/mol. The van der Waals surface area contributed by atoms with Crippen LogP contribution in [-0.4, -0.2) is 12.2 Å². The summed E-state index contributed by atoms with van der Waals surface area (Å²) in [5, 5.41) is 7.29. The van der Waals surface area contributed by atoms with Gasteiger partial charge in [0.1, 0.15) is 5.75 Å². The standard InChI is InChI=1S/C17H15NO2/c1-3-17(19)20-16-8-6-13(7-9-16)14-4-5-15(11-18)12(2)10-14/h3-11,18H,1H2,2H3. The van der Waals surface area contributed by atoms with Crippen LogP contribution in [-0.2, 0) is 4.79 Å². The molecule has 0 aliphatic carbocycles. The van der Waals surface area contributed by atoms with Crippen LogP contribution in [0, 0.1) is 12.3 Å². The van der Waals surface area contributed by atoms with Crippen LogP contribution in [0.4, 0.5) is 0 Å². The first-order chi connectivity index (χ1) is 9.63. The van der Waals surface area contributed by atoms with Crippen molar-refractivity contribution < 1.29 is 9.53 Å². The maximum atomic E-state index is 11.1. The zero-order valence-electron chi connectivity index (χ0n) is 11.2. The second kappa shape index (κ2) is 5.97. The SMILES string of the molecule is C=CC(=O)Oc1ccc(-c2ccc(C=N)c(C)c2)cc1. The first-order valence-corrected chi connectivity index (χ1v) is 6.20. The minimum atomic E-state index is -0.469. The van der Waals surface area contributed by atoms with Gasteiger partial charge in [0.05, 0.1) is 0 Å². The third kappa shape index (κ3) is 3.01. The molecule has 0 aliphatic heterocycles.